The summed E-state index contributed by atoms with van der Waals surface area (Å²) in [5, 5.41) is 16.8. The number of nitrogens with one attached hydrogen (secondary N) is 3. The molecule has 0 aromatic rings. The number of aliphatic hydroxyl groups is 1. The summed E-state index contributed by atoms with van der Waals surface area (Å²) in [5.41, 5.74) is 0. The van der Waals surface area contributed by atoms with Crippen molar-refractivity contribution >= 4 is 11.9 Å². The lowest BCUT2D eigenvalue weighted by molar-refractivity contribution is -0.122. The summed E-state index contributed by atoms with van der Waals surface area (Å²) < 4.78 is 0. The van der Waals surface area contributed by atoms with E-state index in [-0.39, 0.29) is 18.6 Å². The van der Waals surface area contributed by atoms with E-state index in [2.05, 4.69) is 16.0 Å². The van der Waals surface area contributed by atoms with Crippen LogP contribution in [-0.2, 0) is 4.79 Å². The van der Waals surface area contributed by atoms with Gasteiger partial charge in [-0.05, 0) is 19.8 Å². The number of rotatable bonds is 6. The average Bonchev–Trinajstić information content (AvgIpc) is 2.25. The highest BCUT2D eigenvalue weighted by Crippen LogP contribution is 2.01. The Balaban J connectivity index is 4.17. The molecule has 0 aliphatic heterocycles. The highest BCUT2D eigenvalue weighted by atomic mass is 16.3. The highest BCUT2D eigenvalue weighted by molar-refractivity contribution is 5.96. The molecule has 17 heavy (non-hydrogen) atoms. The number of aliphatic hydroxyl groups excluding tert-OH is 1. The molecule has 0 aromatic carbocycles. The van der Waals surface area contributed by atoms with E-state index in [0.717, 1.165) is 0 Å². The predicted molar refractivity (Wildman–Crippen MR) is 65.5 cm³/mol. The number of urea groups is 1. The van der Waals surface area contributed by atoms with E-state index in [0.29, 0.717) is 6.54 Å². The minimum absolute atomic E-state index is 0.0452. The van der Waals surface area contributed by atoms with Crippen molar-refractivity contribution in [1.82, 2.24) is 16.0 Å². The Morgan fingerprint density at radius 2 is 1.82 bits per heavy atom. The van der Waals surface area contributed by atoms with Gasteiger partial charge in [-0.1, -0.05) is 13.8 Å². The molecule has 0 radical (unpaired) electrons. The van der Waals surface area contributed by atoms with Crippen LogP contribution >= 0.6 is 0 Å². The maximum Gasteiger partial charge on any atom is 0.321 e. The standard InChI is InChI=1S/C11H23N3O3/c1-5-12-11(17)14-10(16)8(4)13-9(6-15)7(2)3/h7-9,13,15H,5-6H2,1-4H3,(H2,12,14,16,17). The van der Waals surface area contributed by atoms with E-state index < -0.39 is 18.0 Å². The SMILES string of the molecule is CCNC(=O)NC(=O)C(C)NC(CO)C(C)C. The average molecular weight is 245 g/mol. The molecular weight excluding hydrogens is 222 g/mol. The molecule has 0 saturated carbocycles. The number of amides is 3. The van der Waals surface area contributed by atoms with Crippen LogP contribution in [0.4, 0.5) is 4.79 Å². The van der Waals surface area contributed by atoms with Crippen molar-refractivity contribution < 1.29 is 14.7 Å². The van der Waals surface area contributed by atoms with Gasteiger partial charge in [-0.15, -0.1) is 0 Å². The van der Waals surface area contributed by atoms with E-state index in [9.17, 15) is 9.59 Å². The van der Waals surface area contributed by atoms with E-state index in [4.69, 9.17) is 5.11 Å². The minimum Gasteiger partial charge on any atom is -0.395 e. The second kappa shape index (κ2) is 8.03. The van der Waals surface area contributed by atoms with E-state index in [1.165, 1.54) is 0 Å². The first-order valence-corrected chi connectivity index (χ1v) is 5.87. The van der Waals surface area contributed by atoms with Crippen molar-refractivity contribution in [2.45, 2.75) is 39.8 Å². The number of hydrogen-bond donors (Lipinski definition) is 4. The topological polar surface area (TPSA) is 90.5 Å². The molecule has 0 spiro atoms. The molecule has 2 unspecified atom stereocenters. The minimum atomic E-state index is -0.530. The molecule has 6 nitrogen and oxygen atoms in total. The van der Waals surface area contributed by atoms with Gasteiger partial charge in [-0.25, -0.2) is 4.79 Å². The molecule has 0 heterocycles. The first-order valence-electron chi connectivity index (χ1n) is 5.87. The largest absolute Gasteiger partial charge is 0.395 e. The Kier molecular flexibility index (Phi) is 7.49. The van der Waals surface area contributed by atoms with Crippen molar-refractivity contribution in [2.75, 3.05) is 13.2 Å². The summed E-state index contributed by atoms with van der Waals surface area (Å²) in [7, 11) is 0. The summed E-state index contributed by atoms with van der Waals surface area (Å²) in [5.74, 6) is -0.199. The van der Waals surface area contributed by atoms with Crippen LogP contribution in [0.3, 0.4) is 0 Å². The Morgan fingerprint density at radius 1 is 1.24 bits per heavy atom. The molecule has 0 aliphatic carbocycles. The maximum atomic E-state index is 11.6. The number of imide groups is 1. The molecule has 0 fully saturated rings. The third-order valence-electron chi connectivity index (χ3n) is 2.43. The van der Waals surface area contributed by atoms with Gasteiger partial charge in [0, 0.05) is 12.6 Å². The van der Waals surface area contributed by atoms with Gasteiger partial charge in [0.05, 0.1) is 12.6 Å². The third-order valence-corrected chi connectivity index (χ3v) is 2.43. The van der Waals surface area contributed by atoms with Crippen LogP contribution in [0.2, 0.25) is 0 Å². The third kappa shape index (κ3) is 6.23. The predicted octanol–water partition coefficient (Wildman–Crippen LogP) is -0.173. The van der Waals surface area contributed by atoms with Crippen molar-refractivity contribution in [2.24, 2.45) is 5.92 Å². The van der Waals surface area contributed by atoms with Gasteiger partial charge in [0.15, 0.2) is 0 Å². The summed E-state index contributed by atoms with van der Waals surface area (Å²) in [6.07, 6.45) is 0. The molecule has 6 heteroatoms. The molecular formula is C11H23N3O3. The summed E-state index contributed by atoms with van der Waals surface area (Å²) in [6.45, 7) is 7.74. The molecule has 100 valence electrons. The van der Waals surface area contributed by atoms with Gasteiger partial charge in [0.1, 0.15) is 0 Å². The smallest absolute Gasteiger partial charge is 0.321 e. The van der Waals surface area contributed by atoms with Crippen molar-refractivity contribution in [3.63, 3.8) is 0 Å². The van der Waals surface area contributed by atoms with Gasteiger partial charge in [-0.3, -0.25) is 10.1 Å². The second-order valence-corrected chi connectivity index (χ2v) is 4.27. The van der Waals surface area contributed by atoms with Gasteiger partial charge >= 0.3 is 6.03 Å². The van der Waals surface area contributed by atoms with Crippen molar-refractivity contribution in [1.29, 1.82) is 0 Å². The van der Waals surface area contributed by atoms with E-state index in [1.54, 1.807) is 13.8 Å². The fourth-order valence-corrected chi connectivity index (χ4v) is 1.28. The molecule has 0 rings (SSSR count). The zero-order valence-corrected chi connectivity index (χ0v) is 10.9. The van der Waals surface area contributed by atoms with Crippen LogP contribution < -0.4 is 16.0 Å². The Morgan fingerprint density at radius 3 is 2.24 bits per heavy atom. The highest BCUT2D eigenvalue weighted by Gasteiger charge is 2.20. The lowest BCUT2D eigenvalue weighted by Crippen LogP contribution is -2.52. The molecule has 0 saturated heterocycles. The lowest BCUT2D eigenvalue weighted by atomic mass is 10.0. The van der Waals surface area contributed by atoms with Crippen LogP contribution in [0.15, 0.2) is 0 Å². The number of carbonyl (C=O) groups excluding carboxylic acids is 2. The fraction of sp³-hybridized carbons (Fsp3) is 0.818. The van der Waals surface area contributed by atoms with Crippen LogP contribution in [0.5, 0.6) is 0 Å². The molecule has 0 aromatic heterocycles. The molecule has 0 aliphatic rings. The Labute approximate surface area is 102 Å². The lowest BCUT2D eigenvalue weighted by Gasteiger charge is -2.23. The van der Waals surface area contributed by atoms with Gasteiger partial charge in [0.2, 0.25) is 5.91 Å². The van der Waals surface area contributed by atoms with Gasteiger partial charge in [0.25, 0.3) is 0 Å². The first-order chi connectivity index (χ1) is 7.92. The zero-order valence-electron chi connectivity index (χ0n) is 10.9. The summed E-state index contributed by atoms with van der Waals surface area (Å²) in [6, 6.07) is -1.20. The van der Waals surface area contributed by atoms with Crippen molar-refractivity contribution in [3.05, 3.63) is 0 Å². The molecule has 3 amide bonds. The van der Waals surface area contributed by atoms with Crippen LogP contribution in [0.25, 0.3) is 0 Å². The van der Waals surface area contributed by atoms with Crippen LogP contribution in [0, 0.1) is 5.92 Å². The monoisotopic (exact) mass is 245 g/mol. The van der Waals surface area contributed by atoms with E-state index >= 15 is 0 Å². The molecule has 4 N–H and O–H groups in total. The van der Waals surface area contributed by atoms with Crippen LogP contribution in [-0.4, -0.2) is 42.3 Å². The number of carbonyl (C=O) groups is 2. The van der Waals surface area contributed by atoms with Crippen LogP contribution in [0.1, 0.15) is 27.7 Å². The summed E-state index contributed by atoms with van der Waals surface area (Å²) in [4.78, 5) is 22.7. The second-order valence-electron chi connectivity index (χ2n) is 4.27. The quantitative estimate of drug-likeness (QED) is 0.523. The summed E-state index contributed by atoms with van der Waals surface area (Å²) >= 11 is 0. The zero-order chi connectivity index (χ0) is 13.4. The maximum absolute atomic E-state index is 11.6. The van der Waals surface area contributed by atoms with Gasteiger partial charge < -0.3 is 15.7 Å². The molecule has 2 atom stereocenters. The Hall–Kier alpha value is -1.14. The first kappa shape index (κ1) is 15.9. The van der Waals surface area contributed by atoms with Gasteiger partial charge in [-0.2, -0.15) is 0 Å². The van der Waals surface area contributed by atoms with Crippen molar-refractivity contribution in [3.8, 4) is 0 Å². The molecule has 0 bridgehead atoms. The van der Waals surface area contributed by atoms with E-state index in [1.807, 2.05) is 13.8 Å². The normalized spacial score (nSPS) is 14.2. The fourth-order valence-electron chi connectivity index (χ4n) is 1.28. The number of hydrogen-bond acceptors (Lipinski definition) is 4. The Bertz CT molecular complexity index is 256.